The van der Waals surface area contributed by atoms with E-state index in [1.807, 2.05) is 0 Å². The highest BCUT2D eigenvalue weighted by Gasteiger charge is 2.92. The molecule has 0 heterocycles. The van der Waals surface area contributed by atoms with Gasteiger partial charge in [-0.25, -0.2) is 9.59 Å². The third-order valence-corrected chi connectivity index (χ3v) is 12.4. The van der Waals surface area contributed by atoms with Gasteiger partial charge in [0.25, 0.3) is 0 Å². The Bertz CT molecular complexity index is 2330. The molecule has 0 bridgehead atoms. The van der Waals surface area contributed by atoms with Gasteiger partial charge < -0.3 is 9.47 Å². The largest absolute Gasteiger partial charge is 0.460 e. The lowest BCUT2D eigenvalue weighted by Gasteiger charge is -2.39. The number of halogens is 26. The molecule has 32 heteroatoms. The summed E-state index contributed by atoms with van der Waals surface area (Å²) >= 11 is 0.354. The second-order valence-corrected chi connectivity index (χ2v) is 18.3. The maximum atomic E-state index is 14.3. The summed E-state index contributed by atoms with van der Waals surface area (Å²) in [5.41, 5.74) is 0.122. The summed E-state index contributed by atoms with van der Waals surface area (Å²) in [4.78, 5) is 26.3. The lowest BCUT2D eigenvalue weighted by atomic mass is 9.93. The molecule has 0 saturated carbocycles. The van der Waals surface area contributed by atoms with Crippen LogP contribution in [0.25, 0.3) is 0 Å². The number of aryl methyl sites for hydroxylation is 4. The summed E-state index contributed by atoms with van der Waals surface area (Å²) in [6, 6.07) is 9.09. The van der Waals surface area contributed by atoms with Gasteiger partial charge in [-0.2, -0.15) is 138 Å². The van der Waals surface area contributed by atoms with Gasteiger partial charge in [-0.15, -0.1) is 0 Å². The summed E-state index contributed by atoms with van der Waals surface area (Å²) in [6.45, 7) is 5.53. The van der Waals surface area contributed by atoms with Gasteiger partial charge in [-0.05, 0) is 74.6 Å². The van der Waals surface area contributed by atoms with Crippen molar-refractivity contribution in [3.63, 3.8) is 0 Å². The van der Waals surface area contributed by atoms with E-state index in [2.05, 4.69) is 0 Å². The second-order valence-electron chi connectivity index (χ2n) is 16.1. The Kier molecular flexibility index (Phi) is 18.2. The molecule has 0 fully saturated rings. The fourth-order valence-electron chi connectivity index (χ4n) is 6.32. The Hall–Kier alpha value is -4.52. The van der Waals surface area contributed by atoms with Crippen LogP contribution in [0.3, 0.4) is 0 Å². The number of carbonyl (C=O) groups is 2. The first-order valence-electron chi connectivity index (χ1n) is 19.8. The third-order valence-electron chi connectivity index (χ3n) is 10.4. The van der Waals surface area contributed by atoms with Crippen molar-refractivity contribution in [1.82, 2.24) is 0 Å². The maximum Gasteiger partial charge on any atom is 0.460 e. The van der Waals surface area contributed by atoms with Crippen molar-refractivity contribution < 1.29 is 133 Å². The number of rotatable bonds is 22. The monoisotopic (exact) mass is 1160 g/mol. The lowest BCUT2D eigenvalue weighted by Crippen LogP contribution is -2.70. The van der Waals surface area contributed by atoms with Gasteiger partial charge in [0.05, 0.1) is 11.1 Å². The van der Waals surface area contributed by atoms with E-state index in [0.29, 0.717) is 11.1 Å². The Morgan fingerprint density at radius 1 is 0.392 bits per heavy atom. The molecule has 0 aromatic heterocycles. The van der Waals surface area contributed by atoms with Crippen molar-refractivity contribution >= 4 is 35.5 Å². The van der Waals surface area contributed by atoms with Gasteiger partial charge in [-0.1, -0.05) is 35.4 Å². The molecule has 0 radical (unpaired) electrons. The quantitative estimate of drug-likeness (QED) is 0.0432. The average molecular weight is 1160 g/mol. The normalized spacial score (nSPS) is 14.4. The smallest absolute Gasteiger partial charge is 0.422 e. The third kappa shape index (κ3) is 11.7. The molecule has 3 aromatic rings. The highest BCUT2D eigenvalue weighted by Crippen LogP contribution is 2.62. The van der Waals surface area contributed by atoms with E-state index in [4.69, 9.17) is 9.47 Å². The first kappa shape index (κ1) is 63.8. The number of hydrogen-bond acceptors (Lipinski definition) is 6. The van der Waals surface area contributed by atoms with E-state index in [0.717, 1.165) is 24.3 Å². The zero-order chi connectivity index (χ0) is 57.7. The van der Waals surface area contributed by atoms with Crippen molar-refractivity contribution in [3.8, 4) is 11.5 Å². The minimum absolute atomic E-state index is 0.0923. The first-order valence-corrected chi connectivity index (χ1v) is 22.1. The predicted molar refractivity (Wildman–Crippen MR) is 211 cm³/mol. The zero-order valence-electron chi connectivity index (χ0n) is 37.1. The van der Waals surface area contributed by atoms with Crippen molar-refractivity contribution in [1.29, 1.82) is 0 Å². The lowest BCUT2D eigenvalue weighted by molar-refractivity contribution is -0.439. The maximum absolute atomic E-state index is 14.3. The van der Waals surface area contributed by atoms with E-state index in [-0.39, 0.29) is 68.4 Å². The molecule has 0 spiro atoms. The van der Waals surface area contributed by atoms with Gasteiger partial charge in [0, 0.05) is 35.5 Å². The van der Waals surface area contributed by atoms with Crippen LogP contribution in [0.5, 0.6) is 11.5 Å². The first-order chi connectivity index (χ1) is 33.0. The fourth-order valence-corrected chi connectivity index (χ4v) is 8.28. The van der Waals surface area contributed by atoms with Gasteiger partial charge in [-0.3, -0.25) is 0 Å². The molecule has 0 saturated heterocycles. The van der Waals surface area contributed by atoms with Crippen LogP contribution in [-0.4, -0.2) is 95.0 Å². The second kappa shape index (κ2) is 21.1. The molecule has 3 rings (SSSR count). The number of esters is 2. The summed E-state index contributed by atoms with van der Waals surface area (Å²) < 4.78 is 362. The van der Waals surface area contributed by atoms with Crippen molar-refractivity contribution in [2.45, 2.75) is 124 Å². The molecule has 0 aliphatic carbocycles. The number of ether oxygens (including phenoxy) is 2. The Balaban J connectivity index is 1.73. The molecule has 0 aliphatic heterocycles. The molecule has 4 nitrogen and oxygen atoms in total. The van der Waals surface area contributed by atoms with E-state index in [1.165, 1.54) is 52.0 Å². The van der Waals surface area contributed by atoms with E-state index in [9.17, 15) is 124 Å². The van der Waals surface area contributed by atoms with E-state index >= 15 is 0 Å². The topological polar surface area (TPSA) is 52.6 Å². The highest BCUT2D eigenvalue weighted by molar-refractivity contribution is 7.98. The summed E-state index contributed by atoms with van der Waals surface area (Å²) in [7, 11) is 0. The Morgan fingerprint density at radius 3 is 0.905 bits per heavy atom. The van der Waals surface area contributed by atoms with Gasteiger partial charge in [0.2, 0.25) is 0 Å². The van der Waals surface area contributed by atoms with Crippen LogP contribution in [0.1, 0.15) is 66.9 Å². The number of alkyl halides is 26. The molecular formula is C42H32F26O4S2. The van der Waals surface area contributed by atoms with Crippen LogP contribution in [0.15, 0.2) is 48.5 Å². The van der Waals surface area contributed by atoms with Crippen LogP contribution >= 0.6 is 23.5 Å². The highest BCUT2D eigenvalue weighted by atomic mass is 32.2. The minimum Gasteiger partial charge on any atom is -0.422 e. The van der Waals surface area contributed by atoms with Crippen LogP contribution in [-0.2, 0) is 11.5 Å². The molecule has 74 heavy (non-hydrogen) atoms. The Morgan fingerprint density at radius 2 is 0.649 bits per heavy atom. The van der Waals surface area contributed by atoms with Gasteiger partial charge in [0.15, 0.2) is 0 Å². The van der Waals surface area contributed by atoms with Crippen molar-refractivity contribution in [2.24, 2.45) is 0 Å². The van der Waals surface area contributed by atoms with Crippen molar-refractivity contribution in [3.05, 3.63) is 93.0 Å². The average Bonchev–Trinajstić information content (AvgIpc) is 3.24. The number of benzene rings is 3. The standard InChI is InChI=1S/C42H32F26O4S2/c1-19-13-21(3)27(25(15-19)17-73-11-9-31(43,44)33(47,48)35(51,52)37(55,56)39(59,60)41(63,64)65)71-29(69)23-5-7-24(8-6-23)30(70)72-28-22(4)14-20(2)16-26(28)18-74-12-10-32(45,46)34(49,50)36(53,54)38(57,58)40(61,62)42(66,67)68/h5-8,13-16H,9-12,17-18H2,1-4H3. The molecule has 3 aromatic carbocycles. The van der Waals surface area contributed by atoms with Gasteiger partial charge >= 0.3 is 83.5 Å². The predicted octanol–water partition coefficient (Wildman–Crippen LogP) is 16.1. The van der Waals surface area contributed by atoms with Crippen LogP contribution < -0.4 is 9.47 Å². The molecule has 0 N–H and O–H groups in total. The van der Waals surface area contributed by atoms with Crippen LogP contribution in [0.4, 0.5) is 114 Å². The molecular weight excluding hydrogens is 1130 g/mol. The van der Waals surface area contributed by atoms with Crippen LogP contribution in [0.2, 0.25) is 0 Å². The van der Waals surface area contributed by atoms with Crippen LogP contribution in [0, 0.1) is 27.7 Å². The van der Waals surface area contributed by atoms with Gasteiger partial charge in [0.1, 0.15) is 11.5 Å². The fraction of sp³-hybridized carbons (Fsp3) is 0.524. The number of thioether (sulfide) groups is 2. The molecule has 0 unspecified atom stereocenters. The Labute approximate surface area is 407 Å². The molecule has 0 atom stereocenters. The summed E-state index contributed by atoms with van der Waals surface area (Å²) in [5.74, 6) is -82.6. The molecule has 0 amide bonds. The summed E-state index contributed by atoms with van der Waals surface area (Å²) in [5, 5.41) is 0. The number of hydrogen-bond donors (Lipinski definition) is 0. The molecule has 0 aliphatic rings. The number of carbonyl (C=O) groups excluding carboxylic acids is 2. The van der Waals surface area contributed by atoms with E-state index < -0.39 is 119 Å². The SMILES string of the molecule is Cc1cc(C)c(OC(=O)c2ccc(C(=O)Oc3c(C)cc(C)cc3CSCCC(F)(F)C(F)(F)C(F)(F)C(F)(F)C(F)(F)C(F)(F)F)cc2)c(CSCCC(F)(F)C(F)(F)C(F)(F)C(F)(F)C(F)(F)C(F)(F)F)c1. The molecule has 418 valence electrons. The van der Waals surface area contributed by atoms with Crippen molar-refractivity contribution in [2.75, 3.05) is 11.5 Å². The zero-order valence-corrected chi connectivity index (χ0v) is 38.8. The minimum atomic E-state index is -8.07. The summed E-state index contributed by atoms with van der Waals surface area (Å²) in [6.07, 6.45) is -20.1. The van der Waals surface area contributed by atoms with E-state index in [1.54, 1.807) is 0 Å².